The Bertz CT molecular complexity index is 1130. The number of Topliss-reactive ketones (excluding diaryl/α,β-unsaturated/α-hetero) is 1. The molecule has 1 unspecified atom stereocenters. The lowest BCUT2D eigenvalue weighted by molar-refractivity contribution is 0.0268. The van der Waals surface area contributed by atoms with E-state index in [1.54, 1.807) is 25.1 Å². The van der Waals surface area contributed by atoms with Crippen LogP contribution in [0.4, 0.5) is 5.69 Å². The molecule has 0 spiro atoms. The molecule has 0 aliphatic carbocycles. The summed E-state index contributed by atoms with van der Waals surface area (Å²) in [5, 5.41) is 6.52. The highest BCUT2D eigenvalue weighted by atomic mass is 16.5. The Morgan fingerprint density at radius 3 is 2.84 bits per heavy atom. The van der Waals surface area contributed by atoms with E-state index in [2.05, 4.69) is 20.6 Å². The van der Waals surface area contributed by atoms with Gasteiger partial charge in [-0.15, -0.1) is 0 Å². The summed E-state index contributed by atoms with van der Waals surface area (Å²) in [6.07, 6.45) is 2.11. The van der Waals surface area contributed by atoms with Crippen LogP contribution in [-0.4, -0.2) is 60.0 Å². The van der Waals surface area contributed by atoms with Gasteiger partial charge in [0, 0.05) is 41.9 Å². The highest BCUT2D eigenvalue weighted by Gasteiger charge is 2.28. The van der Waals surface area contributed by atoms with E-state index < -0.39 is 18.0 Å². The number of hydrogen-bond acceptors (Lipinski definition) is 7. The first-order valence-corrected chi connectivity index (χ1v) is 10.00. The number of nitrogens with zero attached hydrogens (tertiary/aromatic N) is 1. The fraction of sp³-hybridized carbons (Fsp3) is 0.273. The first-order valence-electron chi connectivity index (χ1n) is 10.00. The predicted octanol–water partition coefficient (Wildman–Crippen LogP) is 2.16. The van der Waals surface area contributed by atoms with Crippen molar-refractivity contribution in [3.63, 3.8) is 0 Å². The van der Waals surface area contributed by atoms with E-state index >= 15 is 0 Å². The monoisotopic (exact) mass is 422 g/mol. The van der Waals surface area contributed by atoms with Crippen LogP contribution < -0.4 is 10.6 Å². The largest absolute Gasteiger partial charge is 0.461 e. The van der Waals surface area contributed by atoms with Crippen molar-refractivity contribution in [2.75, 3.05) is 31.6 Å². The van der Waals surface area contributed by atoms with E-state index in [0.717, 1.165) is 0 Å². The summed E-state index contributed by atoms with van der Waals surface area (Å²) < 4.78 is 10.7. The Kier molecular flexibility index (Phi) is 6.06. The second-order valence-corrected chi connectivity index (χ2v) is 6.94. The minimum atomic E-state index is -0.675. The van der Waals surface area contributed by atoms with Crippen molar-refractivity contribution in [1.29, 1.82) is 0 Å². The number of anilines is 1. The fourth-order valence-electron chi connectivity index (χ4n) is 3.51. The highest BCUT2D eigenvalue weighted by molar-refractivity contribution is 6.18. The van der Waals surface area contributed by atoms with Crippen LogP contribution in [0.25, 0.3) is 10.9 Å². The number of carbonyl (C=O) groups is 3. The molecule has 3 N–H and O–H groups in total. The number of hydrogen-bond donors (Lipinski definition) is 3. The number of aromatic amines is 1. The molecule has 9 heteroatoms. The summed E-state index contributed by atoms with van der Waals surface area (Å²) in [5.41, 5.74) is 1.40. The lowest BCUT2D eigenvalue weighted by Gasteiger charge is -2.23. The number of benzene rings is 1. The first-order chi connectivity index (χ1) is 15.1. The predicted molar refractivity (Wildman–Crippen MR) is 113 cm³/mol. The molecule has 9 nitrogen and oxygen atoms in total. The Balaban J connectivity index is 1.68. The number of esters is 1. The van der Waals surface area contributed by atoms with Crippen molar-refractivity contribution in [2.45, 2.75) is 13.0 Å². The lowest BCUT2D eigenvalue weighted by atomic mass is 10.0. The third-order valence-corrected chi connectivity index (χ3v) is 4.98. The second-order valence-electron chi connectivity index (χ2n) is 6.94. The number of nitrogens with one attached hydrogen (secondary N) is 3. The van der Waals surface area contributed by atoms with Crippen LogP contribution in [0, 0.1) is 0 Å². The van der Waals surface area contributed by atoms with Crippen molar-refractivity contribution >= 4 is 34.3 Å². The topological polar surface area (TPSA) is 122 Å². The molecule has 2 aromatic heterocycles. The Morgan fingerprint density at radius 1 is 1.23 bits per heavy atom. The standard InChI is InChI=1S/C22H22N4O5/c1-2-30-22(29)19-18(14-5-3-4-6-16(14)25-19)26-21(28)15-11-23-8-7-13(15)20(27)17-12-24-9-10-31-17/h3-8,11,17,24-25H,2,9-10,12H2,1H3,(H,26,28). The van der Waals surface area contributed by atoms with Gasteiger partial charge in [0.15, 0.2) is 5.78 Å². The van der Waals surface area contributed by atoms with Crippen LogP contribution in [0.1, 0.15) is 38.1 Å². The van der Waals surface area contributed by atoms with Crippen molar-refractivity contribution < 1.29 is 23.9 Å². The van der Waals surface area contributed by atoms with Gasteiger partial charge in [-0.05, 0) is 19.1 Å². The maximum absolute atomic E-state index is 13.2. The number of pyridine rings is 1. The van der Waals surface area contributed by atoms with Gasteiger partial charge in [-0.25, -0.2) is 4.79 Å². The van der Waals surface area contributed by atoms with E-state index in [1.165, 1.54) is 18.5 Å². The Labute approximate surface area is 178 Å². The fourth-order valence-corrected chi connectivity index (χ4v) is 3.51. The van der Waals surface area contributed by atoms with Crippen molar-refractivity contribution in [2.24, 2.45) is 0 Å². The molecule has 4 rings (SSSR count). The number of amides is 1. The van der Waals surface area contributed by atoms with Gasteiger partial charge in [-0.3, -0.25) is 14.6 Å². The molecular weight excluding hydrogens is 400 g/mol. The average Bonchev–Trinajstić information content (AvgIpc) is 3.18. The highest BCUT2D eigenvalue weighted by Crippen LogP contribution is 2.29. The zero-order valence-electron chi connectivity index (χ0n) is 16.9. The zero-order chi connectivity index (χ0) is 21.8. The molecule has 1 fully saturated rings. The number of ether oxygens (including phenoxy) is 2. The van der Waals surface area contributed by atoms with Gasteiger partial charge in [-0.2, -0.15) is 0 Å². The van der Waals surface area contributed by atoms with E-state index in [-0.39, 0.29) is 34.9 Å². The summed E-state index contributed by atoms with van der Waals surface area (Å²) in [6, 6.07) is 8.68. The number of fused-ring (bicyclic) bond motifs is 1. The van der Waals surface area contributed by atoms with Gasteiger partial charge in [0.05, 0.1) is 24.5 Å². The van der Waals surface area contributed by atoms with Crippen molar-refractivity contribution in [3.05, 3.63) is 59.5 Å². The lowest BCUT2D eigenvalue weighted by Crippen LogP contribution is -2.43. The SMILES string of the molecule is CCOC(=O)c1[nH]c2ccccc2c1NC(=O)c1cnccc1C(=O)C1CNCCO1. The second kappa shape index (κ2) is 9.07. The number of carbonyl (C=O) groups excluding carboxylic acids is 3. The van der Waals surface area contributed by atoms with Gasteiger partial charge in [0.2, 0.25) is 0 Å². The summed E-state index contributed by atoms with van der Waals surface area (Å²) in [5.74, 6) is -1.45. The molecule has 0 saturated carbocycles. The van der Waals surface area contributed by atoms with Crippen LogP contribution in [0.3, 0.4) is 0 Å². The maximum Gasteiger partial charge on any atom is 0.356 e. The van der Waals surface area contributed by atoms with Gasteiger partial charge >= 0.3 is 5.97 Å². The maximum atomic E-state index is 13.2. The summed E-state index contributed by atoms with van der Waals surface area (Å²) in [6.45, 7) is 3.36. The van der Waals surface area contributed by atoms with E-state index in [0.29, 0.717) is 30.6 Å². The summed E-state index contributed by atoms with van der Waals surface area (Å²) in [4.78, 5) is 45.6. The van der Waals surface area contributed by atoms with Gasteiger partial charge in [0.1, 0.15) is 11.8 Å². The number of morpholine rings is 1. The molecule has 3 heterocycles. The molecule has 1 aromatic carbocycles. The quantitative estimate of drug-likeness (QED) is 0.411. The molecule has 160 valence electrons. The molecule has 3 aromatic rings. The van der Waals surface area contributed by atoms with Crippen LogP contribution in [0.15, 0.2) is 42.7 Å². The van der Waals surface area contributed by atoms with Crippen LogP contribution in [-0.2, 0) is 9.47 Å². The molecule has 1 saturated heterocycles. The number of H-pyrrole nitrogens is 1. The molecule has 0 bridgehead atoms. The van der Waals surface area contributed by atoms with Crippen molar-refractivity contribution in [3.8, 4) is 0 Å². The molecule has 1 aliphatic rings. The van der Waals surface area contributed by atoms with Gasteiger partial charge < -0.3 is 25.1 Å². The Morgan fingerprint density at radius 2 is 2.06 bits per heavy atom. The Hall–Kier alpha value is -3.56. The van der Waals surface area contributed by atoms with E-state index in [9.17, 15) is 14.4 Å². The third-order valence-electron chi connectivity index (χ3n) is 4.98. The molecule has 0 radical (unpaired) electrons. The molecular formula is C22H22N4O5. The first kappa shape index (κ1) is 20.7. The third kappa shape index (κ3) is 4.18. The normalized spacial score (nSPS) is 16.1. The van der Waals surface area contributed by atoms with E-state index in [4.69, 9.17) is 9.47 Å². The van der Waals surface area contributed by atoms with Crippen LogP contribution in [0.5, 0.6) is 0 Å². The zero-order valence-corrected chi connectivity index (χ0v) is 16.9. The van der Waals surface area contributed by atoms with Crippen LogP contribution >= 0.6 is 0 Å². The average molecular weight is 422 g/mol. The molecule has 1 atom stereocenters. The van der Waals surface area contributed by atoms with Gasteiger partial charge in [-0.1, -0.05) is 18.2 Å². The number of rotatable bonds is 6. The number of para-hydroxylation sites is 1. The summed E-state index contributed by atoms with van der Waals surface area (Å²) >= 11 is 0. The molecule has 1 aliphatic heterocycles. The number of aromatic nitrogens is 2. The van der Waals surface area contributed by atoms with Crippen molar-refractivity contribution in [1.82, 2.24) is 15.3 Å². The smallest absolute Gasteiger partial charge is 0.356 e. The van der Waals surface area contributed by atoms with E-state index in [1.807, 2.05) is 6.07 Å². The molecule has 1 amide bonds. The molecule has 31 heavy (non-hydrogen) atoms. The summed E-state index contributed by atoms with van der Waals surface area (Å²) in [7, 11) is 0. The number of ketones is 1. The van der Waals surface area contributed by atoms with Crippen LogP contribution in [0.2, 0.25) is 0 Å². The van der Waals surface area contributed by atoms with Gasteiger partial charge in [0.25, 0.3) is 5.91 Å². The minimum Gasteiger partial charge on any atom is -0.461 e. The minimum absolute atomic E-state index is 0.0989.